The molecule has 1 aromatic heterocycles. The van der Waals surface area contributed by atoms with Crippen LogP contribution in [0.1, 0.15) is 51.2 Å². The van der Waals surface area contributed by atoms with Crippen molar-refractivity contribution in [3.8, 4) is 11.1 Å². The quantitative estimate of drug-likeness (QED) is 0.401. The van der Waals surface area contributed by atoms with E-state index in [1.165, 1.54) is 11.9 Å². The summed E-state index contributed by atoms with van der Waals surface area (Å²) in [6.45, 7) is 7.54. The molecule has 1 saturated heterocycles. The third-order valence-electron chi connectivity index (χ3n) is 7.91. The van der Waals surface area contributed by atoms with Crippen molar-refractivity contribution in [3.05, 3.63) is 90.5 Å². The largest absolute Gasteiger partial charge is 0.244 e. The van der Waals surface area contributed by atoms with Crippen molar-refractivity contribution < 1.29 is 8.42 Å². The maximum absolute atomic E-state index is 13.7. The van der Waals surface area contributed by atoms with E-state index in [0.29, 0.717) is 23.9 Å². The standard InChI is InChI=1S/C30H35N3O2S/c1-29(2,3)26-11-13-28(14-12-26)36(34,35)33-17-15-27-6-4-5-16-30(27,21-33)18-23-7-9-24(10-8-23)25-19-31-22-32-20-25/h4,6-14,19-20,22,27H,5,15-18,21H2,1-3H3. The summed E-state index contributed by atoms with van der Waals surface area (Å²) in [6.07, 6.45) is 13.5. The lowest BCUT2D eigenvalue weighted by molar-refractivity contribution is 0.0792. The molecule has 6 heteroatoms. The predicted octanol–water partition coefficient (Wildman–Crippen LogP) is 6.03. The molecule has 1 aliphatic heterocycles. The van der Waals surface area contributed by atoms with Crippen LogP contribution in [-0.4, -0.2) is 35.8 Å². The van der Waals surface area contributed by atoms with Crippen LogP contribution in [0.25, 0.3) is 11.1 Å². The second kappa shape index (κ2) is 9.56. The first-order valence-electron chi connectivity index (χ1n) is 12.8. The lowest BCUT2D eigenvalue weighted by atomic mass is 9.63. The van der Waals surface area contributed by atoms with Crippen molar-refractivity contribution in [2.75, 3.05) is 13.1 Å². The smallest absolute Gasteiger partial charge is 0.243 e. The highest BCUT2D eigenvalue weighted by atomic mass is 32.2. The van der Waals surface area contributed by atoms with Gasteiger partial charge in [0.1, 0.15) is 6.33 Å². The average molecular weight is 502 g/mol. The van der Waals surface area contributed by atoms with Gasteiger partial charge in [-0.1, -0.05) is 69.3 Å². The van der Waals surface area contributed by atoms with E-state index in [4.69, 9.17) is 0 Å². The molecule has 0 spiro atoms. The molecule has 3 aromatic rings. The van der Waals surface area contributed by atoms with Crippen molar-refractivity contribution in [3.63, 3.8) is 0 Å². The van der Waals surface area contributed by atoms with Gasteiger partial charge in [-0.2, -0.15) is 4.31 Å². The first-order valence-corrected chi connectivity index (χ1v) is 14.2. The van der Waals surface area contributed by atoms with E-state index >= 15 is 0 Å². The van der Waals surface area contributed by atoms with E-state index < -0.39 is 10.0 Å². The Kier molecular flexibility index (Phi) is 6.60. The van der Waals surface area contributed by atoms with Crippen LogP contribution in [0.2, 0.25) is 0 Å². The minimum absolute atomic E-state index is 0.0117. The zero-order chi connectivity index (χ0) is 25.4. The SMILES string of the molecule is CC(C)(C)c1ccc(S(=O)(=O)N2CCC3C=CCCC3(Cc3ccc(-c4cncnc4)cc3)C2)cc1. The third kappa shape index (κ3) is 4.89. The minimum Gasteiger partial charge on any atom is -0.244 e. The second-order valence-electron chi connectivity index (χ2n) is 11.3. The van der Waals surface area contributed by atoms with Crippen molar-refractivity contribution in [2.45, 2.75) is 56.8 Å². The molecule has 0 saturated carbocycles. The number of nitrogens with zero attached hydrogens (tertiary/aromatic N) is 3. The Bertz CT molecular complexity index is 1330. The Morgan fingerprint density at radius 2 is 1.67 bits per heavy atom. The summed E-state index contributed by atoms with van der Waals surface area (Å²) in [7, 11) is -3.55. The summed E-state index contributed by atoms with van der Waals surface area (Å²) in [5, 5.41) is 0. The molecular formula is C30H35N3O2S. The molecular weight excluding hydrogens is 466 g/mol. The molecule has 2 atom stereocenters. The second-order valence-corrected chi connectivity index (χ2v) is 13.3. The lowest BCUT2D eigenvalue weighted by Crippen LogP contribution is -2.52. The van der Waals surface area contributed by atoms with Crippen molar-refractivity contribution in [1.29, 1.82) is 0 Å². The summed E-state index contributed by atoms with van der Waals surface area (Å²) in [5.74, 6) is 0.392. The number of rotatable bonds is 5. The van der Waals surface area contributed by atoms with Crippen molar-refractivity contribution in [2.24, 2.45) is 11.3 Å². The average Bonchev–Trinajstić information content (AvgIpc) is 2.89. The summed E-state index contributed by atoms with van der Waals surface area (Å²) < 4.78 is 29.2. The van der Waals surface area contributed by atoms with Crippen molar-refractivity contribution >= 4 is 10.0 Å². The Labute approximate surface area is 215 Å². The number of aromatic nitrogens is 2. The molecule has 2 unspecified atom stereocenters. The molecule has 0 bridgehead atoms. The van der Waals surface area contributed by atoms with Gasteiger partial charge in [0.05, 0.1) is 4.90 Å². The fourth-order valence-corrected chi connectivity index (χ4v) is 7.31. The van der Waals surface area contributed by atoms with Crippen LogP contribution in [0.4, 0.5) is 0 Å². The molecule has 2 heterocycles. The monoisotopic (exact) mass is 501 g/mol. The molecule has 5 nitrogen and oxygen atoms in total. The molecule has 2 aromatic carbocycles. The van der Waals surface area contributed by atoms with Crippen LogP contribution in [0.3, 0.4) is 0 Å². The zero-order valence-electron chi connectivity index (χ0n) is 21.4. The van der Waals surface area contributed by atoms with E-state index in [-0.39, 0.29) is 10.8 Å². The molecule has 2 aliphatic rings. The van der Waals surface area contributed by atoms with Gasteiger partial charge in [0, 0.05) is 31.0 Å². The molecule has 1 fully saturated rings. The van der Waals surface area contributed by atoms with Crippen LogP contribution >= 0.6 is 0 Å². The maximum Gasteiger partial charge on any atom is 0.243 e. The highest BCUT2D eigenvalue weighted by molar-refractivity contribution is 7.89. The summed E-state index contributed by atoms with van der Waals surface area (Å²) in [6, 6.07) is 16.0. The molecule has 36 heavy (non-hydrogen) atoms. The van der Waals surface area contributed by atoms with Gasteiger partial charge in [-0.3, -0.25) is 0 Å². The Morgan fingerprint density at radius 1 is 0.972 bits per heavy atom. The molecule has 0 amide bonds. The van der Waals surface area contributed by atoms with Gasteiger partial charge < -0.3 is 0 Å². The van der Waals surface area contributed by atoms with E-state index in [1.54, 1.807) is 16.4 Å². The van der Waals surface area contributed by atoms with Crippen LogP contribution < -0.4 is 0 Å². The normalized spacial score (nSPS) is 22.8. The first-order chi connectivity index (χ1) is 17.2. The lowest BCUT2D eigenvalue weighted by Gasteiger charge is -2.49. The maximum atomic E-state index is 13.7. The molecule has 1 aliphatic carbocycles. The summed E-state index contributed by atoms with van der Waals surface area (Å²) in [5.41, 5.74) is 4.35. The van der Waals surface area contributed by atoms with Gasteiger partial charge in [0.25, 0.3) is 0 Å². The van der Waals surface area contributed by atoms with Gasteiger partial charge >= 0.3 is 0 Å². The van der Waals surface area contributed by atoms with E-state index in [9.17, 15) is 8.42 Å². The highest BCUT2D eigenvalue weighted by Gasteiger charge is 2.46. The number of hydrogen-bond acceptors (Lipinski definition) is 4. The van der Waals surface area contributed by atoms with Gasteiger partial charge in [-0.15, -0.1) is 0 Å². The van der Waals surface area contributed by atoms with E-state index in [2.05, 4.69) is 67.2 Å². The fourth-order valence-electron chi connectivity index (χ4n) is 5.76. The number of fused-ring (bicyclic) bond motifs is 1. The van der Waals surface area contributed by atoms with Gasteiger partial charge in [-0.25, -0.2) is 18.4 Å². The fraction of sp³-hybridized carbons (Fsp3) is 0.400. The molecule has 0 radical (unpaired) electrons. The molecule has 188 valence electrons. The number of piperidine rings is 1. The Morgan fingerprint density at radius 3 is 2.33 bits per heavy atom. The zero-order valence-corrected chi connectivity index (χ0v) is 22.2. The minimum atomic E-state index is -3.55. The van der Waals surface area contributed by atoms with Crippen LogP contribution in [0, 0.1) is 11.3 Å². The van der Waals surface area contributed by atoms with Gasteiger partial charge in [-0.05, 0) is 71.3 Å². The number of benzene rings is 2. The van der Waals surface area contributed by atoms with Gasteiger partial charge in [0.15, 0.2) is 0 Å². The Hall–Kier alpha value is -2.83. The summed E-state index contributed by atoms with van der Waals surface area (Å²) in [4.78, 5) is 8.64. The summed E-state index contributed by atoms with van der Waals surface area (Å²) >= 11 is 0. The number of hydrogen-bond donors (Lipinski definition) is 0. The van der Waals surface area contributed by atoms with Crippen LogP contribution in [0.15, 0.2) is 84.3 Å². The van der Waals surface area contributed by atoms with E-state index in [0.717, 1.165) is 42.4 Å². The van der Waals surface area contributed by atoms with Crippen LogP contribution in [-0.2, 0) is 21.9 Å². The van der Waals surface area contributed by atoms with Crippen molar-refractivity contribution in [1.82, 2.24) is 14.3 Å². The Balaban J connectivity index is 1.40. The molecule has 5 rings (SSSR count). The number of sulfonamides is 1. The van der Waals surface area contributed by atoms with Crippen LogP contribution in [0.5, 0.6) is 0 Å². The topological polar surface area (TPSA) is 63.2 Å². The predicted molar refractivity (Wildman–Crippen MR) is 144 cm³/mol. The number of allylic oxidation sites excluding steroid dienone is 2. The van der Waals surface area contributed by atoms with E-state index in [1.807, 2.05) is 24.5 Å². The molecule has 0 N–H and O–H groups in total. The third-order valence-corrected chi connectivity index (χ3v) is 9.77. The highest BCUT2D eigenvalue weighted by Crippen LogP contribution is 2.47. The first kappa shape index (κ1) is 24.8. The van der Waals surface area contributed by atoms with Gasteiger partial charge in [0.2, 0.25) is 10.0 Å².